The number of hydrogen-bond donors (Lipinski definition) is 0. The van der Waals surface area contributed by atoms with E-state index >= 15 is 0 Å². The normalized spacial score (nSPS) is 7.81. The van der Waals surface area contributed by atoms with Crippen LogP contribution in [0.25, 0.3) is 0 Å². The molecule has 0 amide bonds. The minimum atomic E-state index is -0.696. The van der Waals surface area contributed by atoms with Gasteiger partial charge in [0, 0.05) is 17.7 Å². The first-order chi connectivity index (χ1) is 7.61. The molecule has 0 aromatic heterocycles. The van der Waals surface area contributed by atoms with Crippen LogP contribution in [0.3, 0.4) is 0 Å². The average Bonchev–Trinajstić information content (AvgIpc) is 2.34. The molecule has 0 aliphatic heterocycles. The van der Waals surface area contributed by atoms with Crippen molar-refractivity contribution >= 4 is 22.5 Å². The van der Waals surface area contributed by atoms with Crippen LogP contribution in [0.4, 0.5) is 5.69 Å². The third-order valence-electron chi connectivity index (χ3n) is 1.28. The smallest absolute Gasteiger partial charge is 0.270 e. The fourth-order valence-electron chi connectivity index (χ4n) is 0.742. The van der Waals surface area contributed by atoms with Gasteiger partial charge in [0.2, 0.25) is 0 Å². The zero-order chi connectivity index (χ0) is 13.1. The SMILES string of the molecule is CC.CC.O=C(Cl)c1cccc([N+](=O)[O-])c1. The molecule has 0 aliphatic carbocycles. The minimum absolute atomic E-state index is 0.130. The second-order valence-electron chi connectivity index (χ2n) is 2.08. The van der Waals surface area contributed by atoms with E-state index < -0.39 is 10.2 Å². The second kappa shape index (κ2) is 10.1. The molecule has 4 nitrogen and oxygen atoms in total. The maximum absolute atomic E-state index is 10.6. The number of halogens is 1. The van der Waals surface area contributed by atoms with Gasteiger partial charge in [0.25, 0.3) is 10.9 Å². The molecule has 0 saturated carbocycles. The Labute approximate surface area is 100 Å². The van der Waals surface area contributed by atoms with Gasteiger partial charge in [0.1, 0.15) is 0 Å². The molecule has 0 spiro atoms. The molecular weight excluding hydrogens is 230 g/mol. The summed E-state index contributed by atoms with van der Waals surface area (Å²) < 4.78 is 0. The molecule has 5 heteroatoms. The molecule has 1 rings (SSSR count). The summed E-state index contributed by atoms with van der Waals surface area (Å²) in [4.78, 5) is 20.2. The summed E-state index contributed by atoms with van der Waals surface area (Å²) in [5.74, 6) is 0. The summed E-state index contributed by atoms with van der Waals surface area (Å²) >= 11 is 5.12. The van der Waals surface area contributed by atoms with Crippen molar-refractivity contribution < 1.29 is 9.72 Å². The van der Waals surface area contributed by atoms with Gasteiger partial charge in [0.05, 0.1) is 4.92 Å². The molecule has 0 saturated heterocycles. The van der Waals surface area contributed by atoms with Crippen LogP contribution in [-0.2, 0) is 0 Å². The highest BCUT2D eigenvalue weighted by molar-refractivity contribution is 6.67. The first-order valence-corrected chi connectivity index (χ1v) is 5.43. The number of carbonyl (C=O) groups excluding carboxylic acids is 1. The molecule has 0 heterocycles. The number of nitrogens with zero attached hydrogens (tertiary/aromatic N) is 1. The van der Waals surface area contributed by atoms with Crippen molar-refractivity contribution in [2.45, 2.75) is 27.7 Å². The van der Waals surface area contributed by atoms with Crippen molar-refractivity contribution in [2.24, 2.45) is 0 Å². The fraction of sp³-hybridized carbons (Fsp3) is 0.364. The van der Waals surface area contributed by atoms with E-state index in [1.165, 1.54) is 18.2 Å². The quantitative estimate of drug-likeness (QED) is 0.449. The zero-order valence-corrected chi connectivity index (χ0v) is 10.6. The van der Waals surface area contributed by atoms with Crippen LogP contribution in [0, 0.1) is 10.1 Å². The molecule has 1 aromatic carbocycles. The van der Waals surface area contributed by atoms with Gasteiger partial charge >= 0.3 is 0 Å². The van der Waals surface area contributed by atoms with E-state index in [-0.39, 0.29) is 11.3 Å². The van der Waals surface area contributed by atoms with Crippen LogP contribution >= 0.6 is 11.6 Å². The highest BCUT2D eigenvalue weighted by atomic mass is 35.5. The number of nitro groups is 1. The van der Waals surface area contributed by atoms with Crippen LogP contribution in [-0.4, -0.2) is 10.2 Å². The Hall–Kier alpha value is -1.42. The van der Waals surface area contributed by atoms with Gasteiger partial charge in [-0.2, -0.15) is 0 Å². The molecule has 0 bridgehead atoms. The van der Waals surface area contributed by atoms with Gasteiger partial charge in [0.15, 0.2) is 0 Å². The summed E-state index contributed by atoms with van der Waals surface area (Å²) in [6, 6.07) is 5.26. The van der Waals surface area contributed by atoms with Crippen LogP contribution in [0.2, 0.25) is 0 Å². The predicted octanol–water partition coefficient (Wildman–Crippen LogP) is 4.03. The first-order valence-electron chi connectivity index (χ1n) is 5.05. The molecule has 0 aliphatic rings. The highest BCUT2D eigenvalue weighted by Gasteiger charge is 2.08. The minimum Gasteiger partial charge on any atom is -0.276 e. The number of hydrogen-bond acceptors (Lipinski definition) is 3. The third kappa shape index (κ3) is 6.14. The Morgan fingerprint density at radius 2 is 1.75 bits per heavy atom. The van der Waals surface area contributed by atoms with Gasteiger partial charge in [-0.1, -0.05) is 33.8 Å². The van der Waals surface area contributed by atoms with Crippen molar-refractivity contribution in [3.63, 3.8) is 0 Å². The lowest BCUT2D eigenvalue weighted by Crippen LogP contribution is -1.92. The maximum Gasteiger partial charge on any atom is 0.270 e. The fourth-order valence-corrected chi connectivity index (χ4v) is 0.859. The Balaban J connectivity index is 0. The lowest BCUT2D eigenvalue weighted by molar-refractivity contribution is -0.384. The summed E-state index contributed by atoms with van der Waals surface area (Å²) in [6.45, 7) is 8.00. The van der Waals surface area contributed by atoms with Crippen molar-refractivity contribution in [2.75, 3.05) is 0 Å². The Kier molecular flexibility index (Phi) is 10.7. The first kappa shape index (κ1) is 17.0. The molecular formula is C11H16ClNO3. The number of rotatable bonds is 2. The van der Waals surface area contributed by atoms with E-state index in [9.17, 15) is 14.9 Å². The lowest BCUT2D eigenvalue weighted by atomic mass is 10.2. The predicted molar refractivity (Wildman–Crippen MR) is 66.0 cm³/mol. The van der Waals surface area contributed by atoms with E-state index in [2.05, 4.69) is 0 Å². The van der Waals surface area contributed by atoms with E-state index in [1.54, 1.807) is 0 Å². The van der Waals surface area contributed by atoms with Crippen molar-refractivity contribution in [3.05, 3.63) is 39.9 Å². The van der Waals surface area contributed by atoms with Crippen LogP contribution < -0.4 is 0 Å². The largest absolute Gasteiger partial charge is 0.276 e. The molecule has 0 unspecified atom stereocenters. The van der Waals surface area contributed by atoms with Gasteiger partial charge < -0.3 is 0 Å². The maximum atomic E-state index is 10.6. The van der Waals surface area contributed by atoms with Crippen molar-refractivity contribution in [1.82, 2.24) is 0 Å². The van der Waals surface area contributed by atoms with Gasteiger partial charge in [-0.3, -0.25) is 14.9 Å². The second-order valence-corrected chi connectivity index (χ2v) is 2.42. The molecule has 16 heavy (non-hydrogen) atoms. The number of non-ortho nitro benzene ring substituents is 1. The standard InChI is InChI=1S/C7H4ClNO3.2C2H6/c8-7(10)5-2-1-3-6(4-5)9(11)12;2*1-2/h1-4H;2*1-2H3. The van der Waals surface area contributed by atoms with Crippen molar-refractivity contribution in [1.29, 1.82) is 0 Å². The van der Waals surface area contributed by atoms with Crippen LogP contribution in [0.15, 0.2) is 24.3 Å². The van der Waals surface area contributed by atoms with E-state index in [0.717, 1.165) is 6.07 Å². The van der Waals surface area contributed by atoms with Gasteiger partial charge in [-0.15, -0.1) is 0 Å². The molecule has 1 aromatic rings. The lowest BCUT2D eigenvalue weighted by Gasteiger charge is -1.92. The molecule has 0 fully saturated rings. The highest BCUT2D eigenvalue weighted by Crippen LogP contribution is 2.14. The number of carbonyl (C=O) groups is 1. The monoisotopic (exact) mass is 245 g/mol. The van der Waals surface area contributed by atoms with Gasteiger partial charge in [-0.05, 0) is 17.7 Å². The summed E-state index contributed by atoms with van der Waals surface area (Å²) in [5, 5.41) is 9.53. The molecule has 0 atom stereocenters. The number of nitro benzene ring substituents is 1. The van der Waals surface area contributed by atoms with Gasteiger partial charge in [-0.25, -0.2) is 0 Å². The molecule has 0 radical (unpaired) electrons. The third-order valence-corrected chi connectivity index (χ3v) is 1.50. The van der Waals surface area contributed by atoms with Crippen LogP contribution in [0.1, 0.15) is 38.1 Å². The van der Waals surface area contributed by atoms with Crippen LogP contribution in [0.5, 0.6) is 0 Å². The van der Waals surface area contributed by atoms with E-state index in [1.807, 2.05) is 27.7 Å². The molecule has 0 N–H and O–H groups in total. The topological polar surface area (TPSA) is 60.2 Å². The summed E-state index contributed by atoms with van der Waals surface area (Å²) in [5.41, 5.74) is -0.00707. The Morgan fingerprint density at radius 3 is 2.12 bits per heavy atom. The summed E-state index contributed by atoms with van der Waals surface area (Å²) in [6.07, 6.45) is 0. The Bertz CT molecular complexity index is 311. The van der Waals surface area contributed by atoms with E-state index in [0.29, 0.717) is 0 Å². The van der Waals surface area contributed by atoms with E-state index in [4.69, 9.17) is 11.6 Å². The average molecular weight is 246 g/mol. The number of benzene rings is 1. The Morgan fingerprint density at radius 1 is 1.25 bits per heavy atom. The molecule has 90 valence electrons. The zero-order valence-electron chi connectivity index (χ0n) is 9.86. The summed E-state index contributed by atoms with van der Waals surface area (Å²) in [7, 11) is 0. The van der Waals surface area contributed by atoms with Crippen molar-refractivity contribution in [3.8, 4) is 0 Å².